The molecule has 6 nitrogen and oxygen atoms in total. The zero-order valence-electron chi connectivity index (χ0n) is 13.9. The van der Waals surface area contributed by atoms with Crippen LogP contribution in [0.4, 0.5) is 5.69 Å². The number of carbonyl (C=O) groups is 2. The molecule has 0 aliphatic heterocycles. The van der Waals surface area contributed by atoms with E-state index in [9.17, 15) is 9.59 Å². The van der Waals surface area contributed by atoms with Gasteiger partial charge in [-0.3, -0.25) is 9.59 Å². The Hall–Kier alpha value is -3.41. The van der Waals surface area contributed by atoms with Crippen LogP contribution >= 0.6 is 0 Å². The number of nitrogens with one attached hydrogen (secondary N) is 2. The van der Waals surface area contributed by atoms with Crippen molar-refractivity contribution in [1.82, 2.24) is 5.43 Å². The summed E-state index contributed by atoms with van der Waals surface area (Å²) >= 11 is 0. The minimum atomic E-state index is -0.850. The lowest BCUT2D eigenvalue weighted by molar-refractivity contribution is -0.136. The molecule has 128 valence electrons. The van der Waals surface area contributed by atoms with Gasteiger partial charge in [-0.15, -0.1) is 0 Å². The molecule has 0 bridgehead atoms. The van der Waals surface area contributed by atoms with Crippen molar-refractivity contribution in [3.05, 3.63) is 72.3 Å². The number of rotatable bonds is 6. The number of nitrogens with zero attached hydrogens (tertiary/aromatic N) is 1. The van der Waals surface area contributed by atoms with Gasteiger partial charge in [-0.05, 0) is 42.3 Å². The van der Waals surface area contributed by atoms with E-state index in [1.165, 1.54) is 6.21 Å². The van der Waals surface area contributed by atoms with Crippen LogP contribution in [0.25, 0.3) is 0 Å². The Labute approximate surface area is 146 Å². The van der Waals surface area contributed by atoms with E-state index in [0.717, 1.165) is 11.1 Å². The molecule has 2 aromatic carbocycles. The van der Waals surface area contributed by atoms with Crippen LogP contribution in [-0.2, 0) is 9.59 Å². The number of hydrazone groups is 1. The molecule has 0 atom stereocenters. The monoisotopic (exact) mass is 337 g/mol. The van der Waals surface area contributed by atoms with Gasteiger partial charge in [-0.2, -0.15) is 5.10 Å². The van der Waals surface area contributed by atoms with Crippen molar-refractivity contribution in [3.8, 4) is 5.75 Å². The Morgan fingerprint density at radius 2 is 1.96 bits per heavy atom. The third kappa shape index (κ3) is 5.95. The van der Waals surface area contributed by atoms with Gasteiger partial charge < -0.3 is 10.1 Å². The number of carbonyl (C=O) groups excluding carboxylic acids is 2. The van der Waals surface area contributed by atoms with Crippen LogP contribution in [0, 0.1) is 6.92 Å². The lowest BCUT2D eigenvalue weighted by Gasteiger charge is -2.05. The molecule has 0 aliphatic rings. The maximum Gasteiger partial charge on any atom is 0.329 e. The molecular formula is C19H19N3O3. The second-order valence-electron chi connectivity index (χ2n) is 5.19. The molecule has 0 aromatic heterocycles. The summed E-state index contributed by atoms with van der Waals surface area (Å²) in [6, 6.07) is 14.3. The van der Waals surface area contributed by atoms with Crippen LogP contribution in [-0.4, -0.2) is 24.6 Å². The highest BCUT2D eigenvalue weighted by Gasteiger charge is 2.12. The quantitative estimate of drug-likeness (QED) is 0.368. The summed E-state index contributed by atoms with van der Waals surface area (Å²) in [6.07, 6.45) is 3.08. The largest absolute Gasteiger partial charge is 0.490 e. The molecule has 0 fully saturated rings. The van der Waals surface area contributed by atoms with E-state index in [1.807, 2.05) is 13.0 Å². The molecule has 0 unspecified atom stereocenters. The van der Waals surface area contributed by atoms with Crippen molar-refractivity contribution in [2.24, 2.45) is 5.10 Å². The molecule has 2 N–H and O–H groups in total. The molecule has 0 spiro atoms. The third-order valence-corrected chi connectivity index (χ3v) is 3.09. The Bertz CT molecular complexity index is 800. The van der Waals surface area contributed by atoms with Gasteiger partial charge in [0.05, 0.1) is 6.21 Å². The first-order valence-corrected chi connectivity index (χ1v) is 7.63. The Morgan fingerprint density at radius 3 is 2.72 bits per heavy atom. The van der Waals surface area contributed by atoms with E-state index in [2.05, 4.69) is 22.4 Å². The first-order chi connectivity index (χ1) is 12.1. The number of ether oxygens (including phenoxy) is 1. The standard InChI is InChI=1S/C19H19N3O3/c1-3-10-25-17-9-5-7-15(12-17)13-20-22-19(24)18(23)21-16-8-4-6-14(2)11-16/h3-9,11-13H,1,10H2,2H3,(H,21,23)(H,22,24). The highest BCUT2D eigenvalue weighted by atomic mass is 16.5. The van der Waals surface area contributed by atoms with Gasteiger partial charge in [0.25, 0.3) is 0 Å². The zero-order chi connectivity index (χ0) is 18.1. The van der Waals surface area contributed by atoms with Gasteiger partial charge in [0.1, 0.15) is 12.4 Å². The summed E-state index contributed by atoms with van der Waals surface area (Å²) in [7, 11) is 0. The first-order valence-electron chi connectivity index (χ1n) is 7.63. The SMILES string of the molecule is C=CCOc1cccc(C=NNC(=O)C(=O)Nc2cccc(C)c2)c1. The van der Waals surface area contributed by atoms with Gasteiger partial charge in [0.2, 0.25) is 0 Å². The highest BCUT2D eigenvalue weighted by Crippen LogP contribution is 2.12. The van der Waals surface area contributed by atoms with E-state index < -0.39 is 11.8 Å². The maximum absolute atomic E-state index is 11.8. The highest BCUT2D eigenvalue weighted by molar-refractivity contribution is 6.39. The number of hydrogen-bond acceptors (Lipinski definition) is 4. The smallest absolute Gasteiger partial charge is 0.329 e. The third-order valence-electron chi connectivity index (χ3n) is 3.09. The van der Waals surface area contributed by atoms with Gasteiger partial charge in [-0.1, -0.05) is 36.9 Å². The Balaban J connectivity index is 1.89. The predicted octanol–water partition coefficient (Wildman–Crippen LogP) is 2.65. The summed E-state index contributed by atoms with van der Waals surface area (Å²) in [4.78, 5) is 23.6. The van der Waals surface area contributed by atoms with Crippen molar-refractivity contribution in [2.75, 3.05) is 11.9 Å². The topological polar surface area (TPSA) is 79.8 Å². The molecule has 0 aliphatic carbocycles. The summed E-state index contributed by atoms with van der Waals surface area (Å²) in [5, 5.41) is 6.29. The molecule has 2 rings (SSSR count). The van der Waals surface area contributed by atoms with Crippen LogP contribution in [0.15, 0.2) is 66.3 Å². The van der Waals surface area contributed by atoms with Gasteiger partial charge >= 0.3 is 11.8 Å². The van der Waals surface area contributed by atoms with Crippen LogP contribution in [0.3, 0.4) is 0 Å². The van der Waals surface area contributed by atoms with Crippen LogP contribution in [0.5, 0.6) is 5.75 Å². The van der Waals surface area contributed by atoms with Gasteiger partial charge in [0.15, 0.2) is 0 Å². The summed E-state index contributed by atoms with van der Waals surface area (Å²) < 4.78 is 5.41. The molecule has 0 radical (unpaired) electrons. The van der Waals surface area contributed by atoms with Crippen molar-refractivity contribution in [3.63, 3.8) is 0 Å². The zero-order valence-corrected chi connectivity index (χ0v) is 13.9. The molecule has 0 saturated carbocycles. The fourth-order valence-electron chi connectivity index (χ4n) is 1.97. The van der Waals surface area contributed by atoms with Gasteiger partial charge in [-0.25, -0.2) is 5.43 Å². The van der Waals surface area contributed by atoms with E-state index in [4.69, 9.17) is 4.74 Å². The summed E-state index contributed by atoms with van der Waals surface area (Å²) in [6.45, 7) is 5.88. The van der Waals surface area contributed by atoms with Crippen molar-refractivity contribution >= 4 is 23.7 Å². The summed E-state index contributed by atoms with van der Waals surface area (Å²) in [5.41, 5.74) is 4.45. The van der Waals surface area contributed by atoms with E-state index in [0.29, 0.717) is 18.0 Å². The number of benzene rings is 2. The van der Waals surface area contributed by atoms with E-state index in [1.54, 1.807) is 48.5 Å². The van der Waals surface area contributed by atoms with E-state index in [-0.39, 0.29) is 0 Å². The molecule has 2 amide bonds. The predicted molar refractivity (Wildman–Crippen MR) is 97.7 cm³/mol. The lowest BCUT2D eigenvalue weighted by atomic mass is 10.2. The normalized spacial score (nSPS) is 10.3. The van der Waals surface area contributed by atoms with Crippen molar-refractivity contribution in [2.45, 2.75) is 6.92 Å². The number of amides is 2. The van der Waals surface area contributed by atoms with Crippen molar-refractivity contribution in [1.29, 1.82) is 0 Å². The second-order valence-corrected chi connectivity index (χ2v) is 5.19. The van der Waals surface area contributed by atoms with Crippen LogP contribution in [0.1, 0.15) is 11.1 Å². The molecule has 6 heteroatoms. The Morgan fingerprint density at radius 1 is 1.16 bits per heavy atom. The fraction of sp³-hybridized carbons (Fsp3) is 0.105. The average Bonchev–Trinajstić information content (AvgIpc) is 2.60. The lowest BCUT2D eigenvalue weighted by Crippen LogP contribution is -2.32. The second kappa shape index (κ2) is 9.02. The van der Waals surface area contributed by atoms with Crippen LogP contribution in [0.2, 0.25) is 0 Å². The Kier molecular flexibility index (Phi) is 6.47. The minimum absolute atomic E-state index is 0.399. The number of aryl methyl sites for hydroxylation is 1. The number of anilines is 1. The summed E-state index contributed by atoms with van der Waals surface area (Å²) in [5.74, 6) is -0.977. The molecule has 2 aromatic rings. The molecular weight excluding hydrogens is 318 g/mol. The minimum Gasteiger partial charge on any atom is -0.490 e. The van der Waals surface area contributed by atoms with E-state index >= 15 is 0 Å². The van der Waals surface area contributed by atoms with Crippen LogP contribution < -0.4 is 15.5 Å². The average molecular weight is 337 g/mol. The van der Waals surface area contributed by atoms with Crippen molar-refractivity contribution < 1.29 is 14.3 Å². The maximum atomic E-state index is 11.8. The fourth-order valence-corrected chi connectivity index (χ4v) is 1.97. The first kappa shape index (κ1) is 17.9. The number of hydrogen-bond donors (Lipinski definition) is 2. The molecule has 0 saturated heterocycles. The molecule has 25 heavy (non-hydrogen) atoms. The molecule has 0 heterocycles. The van der Waals surface area contributed by atoms with Gasteiger partial charge in [0, 0.05) is 5.69 Å².